The van der Waals surface area contributed by atoms with E-state index in [1.807, 2.05) is 0 Å². The van der Waals surface area contributed by atoms with Gasteiger partial charge < -0.3 is 68.6 Å². The Morgan fingerprint density at radius 3 is 0.684 bits per heavy atom. The number of carbonyl (C=O) groups excluding carboxylic acids is 12. The topological polar surface area (TPSA) is 345 Å². The number of carbonyl (C=O) groups is 12. The Kier molecular flexibility index (Phi) is 30.7. The van der Waals surface area contributed by atoms with Gasteiger partial charge in [0.2, 0.25) is 0 Å². The largest absolute Gasteiger partial charge is 0.460 e. The zero-order chi connectivity index (χ0) is 58.1. The molecular formula is C48H62N4O22S2. The Bertz CT molecular complexity index is 1980. The lowest BCUT2D eigenvalue weighted by Gasteiger charge is -2.33. The third-order valence-electron chi connectivity index (χ3n) is 8.90. The van der Waals surface area contributed by atoms with Crippen LogP contribution in [0, 0.1) is 0 Å². The SMILES string of the molecule is C=CC(=O)OCC(C)(COC(=O)C=C)NC(=O)OC(CSC(=O)NC(C)(COC(=O)C=C)COC(=O)C=C)C(CSC(=O)NC(C)(COC(=O)C=C)COC(=O)C=C)OC(=O)NC(C)(COC(=O)C=C)COC(=O)C=C. The smallest absolute Gasteiger partial charge is 0.408 e. The molecule has 4 amide bonds. The lowest BCUT2D eigenvalue weighted by molar-refractivity contribution is -0.146. The Hall–Kier alpha value is -8.14. The summed E-state index contributed by atoms with van der Waals surface area (Å²) in [7, 11) is 0. The van der Waals surface area contributed by atoms with Crippen LogP contribution in [-0.2, 0) is 85.7 Å². The molecule has 0 bridgehead atoms. The van der Waals surface area contributed by atoms with E-state index in [9.17, 15) is 57.5 Å². The molecule has 0 rings (SSSR count). The number of esters is 8. The van der Waals surface area contributed by atoms with E-state index in [1.165, 1.54) is 27.7 Å². The predicted octanol–water partition coefficient (Wildman–Crippen LogP) is 2.93. The Labute approximate surface area is 446 Å². The minimum Gasteiger partial charge on any atom is -0.460 e. The van der Waals surface area contributed by atoms with E-state index in [1.54, 1.807) is 0 Å². The number of nitrogens with one attached hydrogen (secondary N) is 4. The van der Waals surface area contributed by atoms with E-state index in [-0.39, 0.29) is 0 Å². The van der Waals surface area contributed by atoms with Crippen molar-refractivity contribution in [2.24, 2.45) is 0 Å². The molecule has 0 aromatic heterocycles. The highest BCUT2D eigenvalue weighted by Gasteiger charge is 2.39. The van der Waals surface area contributed by atoms with Crippen molar-refractivity contribution in [3.8, 4) is 0 Å². The first kappa shape index (κ1) is 67.9. The number of hydrogen-bond acceptors (Lipinski definition) is 24. The molecule has 28 heteroatoms. The summed E-state index contributed by atoms with van der Waals surface area (Å²) in [6.07, 6.45) is -0.0661. The molecule has 0 heterocycles. The Balaban J connectivity index is 7.74. The molecular weight excluding hydrogens is 1050 g/mol. The van der Waals surface area contributed by atoms with Crippen molar-refractivity contribution in [1.29, 1.82) is 0 Å². The molecule has 0 saturated carbocycles. The minimum atomic E-state index is -1.86. The zero-order valence-corrected chi connectivity index (χ0v) is 43.9. The third kappa shape index (κ3) is 28.9. The molecule has 26 nitrogen and oxygen atoms in total. The van der Waals surface area contributed by atoms with Crippen LogP contribution in [0.3, 0.4) is 0 Å². The van der Waals surface area contributed by atoms with E-state index in [2.05, 4.69) is 73.9 Å². The normalized spacial score (nSPS) is 11.7. The standard InChI is InChI=1S/C48H62N4O22S2/c1-13-33(53)65-23-45(9,24-66-34(54)14-2)49-41(61)73-31(21-75-43(63)51-47(11,27-69-37(57)17-5)28-70-38(58)18-6)32(74-42(62)50-46(10,25-67-35(55)15-3)26-68-36(56)16-4)22-76-44(64)52-48(12,29-71-39(59)19-7)30-72-40(60)20-8/h13-20,31-32H,1-8,21-30H2,9-12H3,(H,49,61)(H,50,62)(H,51,63)(H,52,64). The van der Waals surface area contributed by atoms with Crippen LogP contribution in [0.25, 0.3) is 0 Å². The molecule has 0 aliphatic rings. The number of rotatable bonds is 35. The number of ether oxygens (including phenoxy) is 10. The summed E-state index contributed by atoms with van der Waals surface area (Å²) in [5, 5.41) is 7.83. The molecule has 2 atom stereocenters. The summed E-state index contributed by atoms with van der Waals surface area (Å²) in [6, 6.07) is 0. The first-order valence-corrected chi connectivity index (χ1v) is 23.8. The first-order chi connectivity index (χ1) is 35.6. The number of alkyl carbamates (subject to hydrolysis) is 2. The summed E-state index contributed by atoms with van der Waals surface area (Å²) in [5.74, 6) is -8.94. The average molecular weight is 1110 g/mol. The molecule has 4 N–H and O–H groups in total. The molecule has 2 unspecified atom stereocenters. The van der Waals surface area contributed by atoms with Crippen molar-refractivity contribution in [3.05, 3.63) is 101 Å². The second-order valence-corrected chi connectivity index (χ2v) is 18.3. The maximum atomic E-state index is 14.0. The van der Waals surface area contributed by atoms with Gasteiger partial charge in [-0.1, -0.05) is 76.2 Å². The summed E-state index contributed by atoms with van der Waals surface area (Å²) in [4.78, 5) is 152. The monoisotopic (exact) mass is 1110 g/mol. The molecule has 0 aliphatic carbocycles. The van der Waals surface area contributed by atoms with Gasteiger partial charge in [0.25, 0.3) is 10.5 Å². The van der Waals surface area contributed by atoms with Crippen LogP contribution in [0.15, 0.2) is 101 Å². The second-order valence-electron chi connectivity index (χ2n) is 16.3. The summed E-state index contributed by atoms with van der Waals surface area (Å²) in [5.41, 5.74) is -6.93. The highest BCUT2D eigenvalue weighted by molar-refractivity contribution is 8.13. The quantitative estimate of drug-likeness (QED) is 0.0403. The van der Waals surface area contributed by atoms with Crippen molar-refractivity contribution in [2.75, 3.05) is 64.4 Å². The minimum absolute atomic E-state index is 0.343. The fourth-order valence-electron chi connectivity index (χ4n) is 4.91. The third-order valence-corrected chi connectivity index (χ3v) is 10.6. The molecule has 0 aromatic rings. The maximum absolute atomic E-state index is 14.0. The van der Waals surface area contributed by atoms with Gasteiger partial charge in [0.05, 0.1) is 0 Å². The van der Waals surface area contributed by atoms with Gasteiger partial charge in [-0.3, -0.25) is 9.59 Å². The van der Waals surface area contributed by atoms with Crippen molar-refractivity contribution in [1.82, 2.24) is 21.3 Å². The van der Waals surface area contributed by atoms with Crippen LogP contribution in [0.1, 0.15) is 27.7 Å². The van der Waals surface area contributed by atoms with Crippen LogP contribution < -0.4 is 21.3 Å². The molecule has 0 aliphatic heterocycles. The highest BCUT2D eigenvalue weighted by Crippen LogP contribution is 2.22. The van der Waals surface area contributed by atoms with E-state index in [0.717, 1.165) is 48.6 Å². The van der Waals surface area contributed by atoms with Crippen molar-refractivity contribution in [2.45, 2.75) is 62.1 Å². The van der Waals surface area contributed by atoms with Crippen molar-refractivity contribution in [3.63, 3.8) is 0 Å². The van der Waals surface area contributed by atoms with Crippen LogP contribution in [-0.4, -0.2) is 169 Å². The number of amides is 4. The van der Waals surface area contributed by atoms with Gasteiger partial charge in [0.1, 0.15) is 75.0 Å². The lowest BCUT2D eigenvalue weighted by Crippen LogP contribution is -2.56. The van der Waals surface area contributed by atoms with Gasteiger partial charge in [-0.2, -0.15) is 0 Å². The average Bonchev–Trinajstić information content (AvgIpc) is 3.39. The number of hydrogen-bond donors (Lipinski definition) is 4. The van der Waals surface area contributed by atoms with Crippen LogP contribution in [0.4, 0.5) is 19.2 Å². The highest BCUT2D eigenvalue weighted by atomic mass is 32.2. The van der Waals surface area contributed by atoms with E-state index in [0.29, 0.717) is 23.5 Å². The van der Waals surface area contributed by atoms with Gasteiger partial charge in [0.15, 0.2) is 12.2 Å². The molecule has 418 valence electrons. The molecule has 0 fully saturated rings. The van der Waals surface area contributed by atoms with Crippen molar-refractivity contribution >= 4 is 93.9 Å². The van der Waals surface area contributed by atoms with Gasteiger partial charge >= 0.3 is 59.9 Å². The Morgan fingerprint density at radius 1 is 0.342 bits per heavy atom. The summed E-state index contributed by atoms with van der Waals surface area (Å²) < 4.78 is 52.4. The zero-order valence-electron chi connectivity index (χ0n) is 42.3. The van der Waals surface area contributed by atoms with Gasteiger partial charge in [-0.05, 0) is 27.7 Å². The predicted molar refractivity (Wildman–Crippen MR) is 272 cm³/mol. The van der Waals surface area contributed by atoms with Crippen LogP contribution >= 0.6 is 23.5 Å². The van der Waals surface area contributed by atoms with E-state index >= 15 is 0 Å². The summed E-state index contributed by atoms with van der Waals surface area (Å²) in [6.45, 7) is 26.5. The second kappa shape index (κ2) is 34.4. The number of thioether (sulfide) groups is 2. The molecule has 0 spiro atoms. The fourth-order valence-corrected chi connectivity index (χ4v) is 6.75. The molecule has 0 aromatic carbocycles. The summed E-state index contributed by atoms with van der Waals surface area (Å²) >= 11 is 0.687. The molecule has 0 radical (unpaired) electrons. The van der Waals surface area contributed by atoms with E-state index < -0.39 is 169 Å². The van der Waals surface area contributed by atoms with Gasteiger partial charge in [-0.25, -0.2) is 47.9 Å². The van der Waals surface area contributed by atoms with Crippen molar-refractivity contribution < 1.29 is 105 Å². The Morgan fingerprint density at radius 2 is 0.513 bits per heavy atom. The van der Waals surface area contributed by atoms with Gasteiger partial charge in [-0.15, -0.1) is 0 Å². The lowest BCUT2D eigenvalue weighted by atomic mass is 10.1. The molecule has 76 heavy (non-hydrogen) atoms. The molecule has 0 saturated heterocycles. The fraction of sp³-hybridized carbons (Fsp3) is 0.417. The first-order valence-electron chi connectivity index (χ1n) is 21.8. The maximum Gasteiger partial charge on any atom is 0.408 e. The van der Waals surface area contributed by atoms with E-state index in [4.69, 9.17) is 47.4 Å². The van der Waals surface area contributed by atoms with Crippen LogP contribution in [0.5, 0.6) is 0 Å². The van der Waals surface area contributed by atoms with Gasteiger partial charge in [0, 0.05) is 60.1 Å². The van der Waals surface area contributed by atoms with Crippen LogP contribution in [0.2, 0.25) is 0 Å².